The lowest BCUT2D eigenvalue weighted by molar-refractivity contribution is -0.140. The molecule has 3 rings (SSSR count). The van der Waals surface area contributed by atoms with Crippen molar-refractivity contribution in [2.24, 2.45) is 0 Å². The van der Waals surface area contributed by atoms with Crippen molar-refractivity contribution in [3.05, 3.63) is 71.8 Å². The second-order valence-electron chi connectivity index (χ2n) is 8.22. The number of carbonyl (C=O) groups is 1. The number of aryl methyl sites for hydroxylation is 1. The minimum Gasteiger partial charge on any atom is -0.477 e. The predicted molar refractivity (Wildman–Crippen MR) is 134 cm³/mol. The van der Waals surface area contributed by atoms with E-state index in [1.54, 1.807) is 0 Å². The Morgan fingerprint density at radius 2 is 1.79 bits per heavy atom. The van der Waals surface area contributed by atoms with Gasteiger partial charge in [-0.25, -0.2) is 4.98 Å². The van der Waals surface area contributed by atoms with Gasteiger partial charge in [-0.3, -0.25) is 4.79 Å². The topological polar surface area (TPSA) is 68.7 Å². The van der Waals surface area contributed by atoms with E-state index in [1.165, 1.54) is 12.7 Å². The summed E-state index contributed by atoms with van der Waals surface area (Å²) in [6.07, 6.45) is 5.25. The minimum absolute atomic E-state index is 0.231. The van der Waals surface area contributed by atoms with Gasteiger partial charge in [0.15, 0.2) is 0 Å². The number of pyridine rings is 1. The number of nitrogens with zero attached hydrogens (tertiary/aromatic N) is 1. The first-order valence-electron chi connectivity index (χ1n) is 11.9. The zero-order valence-electron chi connectivity index (χ0n) is 19.8. The fourth-order valence-corrected chi connectivity index (χ4v) is 3.68. The van der Waals surface area contributed by atoms with Crippen LogP contribution in [0.3, 0.4) is 0 Å². The number of unbranched alkanes of at least 4 members (excludes halogenated alkanes) is 3. The summed E-state index contributed by atoms with van der Waals surface area (Å²) in [4.78, 5) is 15.8. The number of fused-ring (bicyclic) bond motifs is 1. The molecular weight excluding hydrogens is 426 g/mol. The number of hydrogen-bond donors (Lipinski definition) is 1. The highest BCUT2D eigenvalue weighted by molar-refractivity contribution is 5.80. The summed E-state index contributed by atoms with van der Waals surface area (Å²) >= 11 is 0. The monoisotopic (exact) mass is 459 g/mol. The third-order valence-electron chi connectivity index (χ3n) is 5.60. The van der Waals surface area contributed by atoms with Crippen molar-refractivity contribution in [2.75, 3.05) is 13.7 Å². The number of aliphatic hydroxyl groups is 1. The molecule has 0 fully saturated rings. The molecule has 178 valence electrons. The molecule has 3 aromatic rings. The van der Waals surface area contributed by atoms with E-state index in [0.717, 1.165) is 36.6 Å². The Bertz CT molecular complexity index is 1100. The first-order valence-corrected chi connectivity index (χ1v) is 11.9. The molecule has 0 saturated heterocycles. The van der Waals surface area contributed by atoms with Crippen LogP contribution < -0.4 is 4.74 Å². The quantitative estimate of drug-likeness (QED) is 0.211. The van der Waals surface area contributed by atoms with Gasteiger partial charge in [0.1, 0.15) is 0 Å². The number of aromatic nitrogens is 1. The first-order chi connectivity index (χ1) is 16.7. The number of rotatable bonds is 12. The lowest BCUT2D eigenvalue weighted by Gasteiger charge is -2.15. The smallest absolute Gasteiger partial charge is 0.305 e. The average Bonchev–Trinajstić information content (AvgIpc) is 2.87. The number of carbonyl (C=O) groups excluding carboxylic acids is 1. The Hall–Kier alpha value is -3.36. The molecule has 1 heterocycles. The molecule has 0 saturated carbocycles. The van der Waals surface area contributed by atoms with Crippen LogP contribution in [0, 0.1) is 11.8 Å². The number of hydrogen-bond acceptors (Lipinski definition) is 5. The molecular formula is C29H33NO4. The number of para-hydroxylation sites is 1. The van der Waals surface area contributed by atoms with Crippen molar-refractivity contribution in [2.45, 2.75) is 57.5 Å². The molecule has 2 aromatic carbocycles. The maximum atomic E-state index is 11.2. The molecule has 0 aliphatic rings. The fourth-order valence-electron chi connectivity index (χ4n) is 3.68. The minimum atomic E-state index is -0.793. The Kier molecular flexibility index (Phi) is 10.4. The van der Waals surface area contributed by atoms with Gasteiger partial charge < -0.3 is 14.6 Å². The van der Waals surface area contributed by atoms with Crippen molar-refractivity contribution in [1.29, 1.82) is 0 Å². The van der Waals surface area contributed by atoms with E-state index in [0.29, 0.717) is 37.3 Å². The zero-order valence-corrected chi connectivity index (χ0v) is 19.8. The fraction of sp³-hybridized carbons (Fsp3) is 0.379. The summed E-state index contributed by atoms with van der Waals surface area (Å²) in [5.41, 5.74) is 2.86. The molecule has 0 aliphatic heterocycles. The van der Waals surface area contributed by atoms with E-state index < -0.39 is 6.10 Å². The van der Waals surface area contributed by atoms with Crippen molar-refractivity contribution in [3.63, 3.8) is 0 Å². The van der Waals surface area contributed by atoms with E-state index >= 15 is 0 Å². The number of ether oxygens (including phenoxy) is 2. The molecule has 1 unspecified atom stereocenters. The van der Waals surface area contributed by atoms with Crippen molar-refractivity contribution >= 4 is 16.9 Å². The number of methoxy groups -OCH3 is 1. The second-order valence-corrected chi connectivity index (χ2v) is 8.22. The Balaban J connectivity index is 1.54. The molecule has 0 radical (unpaired) electrons. The number of esters is 1. The van der Waals surface area contributed by atoms with Crippen LogP contribution in [-0.2, 0) is 16.0 Å². The van der Waals surface area contributed by atoms with Gasteiger partial charge in [-0.15, -0.1) is 11.8 Å². The molecule has 5 heteroatoms. The van der Waals surface area contributed by atoms with Gasteiger partial charge in [-0.05, 0) is 49.8 Å². The van der Waals surface area contributed by atoms with Gasteiger partial charge in [-0.1, -0.05) is 48.5 Å². The highest BCUT2D eigenvalue weighted by Crippen LogP contribution is 2.29. The number of aliphatic hydroxyl groups excluding tert-OH is 1. The Morgan fingerprint density at radius 3 is 2.62 bits per heavy atom. The summed E-state index contributed by atoms with van der Waals surface area (Å²) in [5, 5.41) is 11.8. The van der Waals surface area contributed by atoms with Crippen LogP contribution >= 0.6 is 0 Å². The van der Waals surface area contributed by atoms with Crippen LogP contribution in [0.1, 0.15) is 62.2 Å². The van der Waals surface area contributed by atoms with Crippen molar-refractivity contribution < 1.29 is 19.4 Å². The standard InChI is InChI=1S/C29H33NO4/c1-33-28(32)20-10-3-2-9-19-27(31)25-22-24-17-11-12-18-26(24)30-29(25)34-21-13-5-8-16-23-14-6-4-7-15-23/h4,6-7,11-12,14-15,17-18,22,27,31H,3,5,8,10,13,16,19-21H2,1H3. The van der Waals surface area contributed by atoms with E-state index in [9.17, 15) is 9.90 Å². The molecule has 34 heavy (non-hydrogen) atoms. The lowest BCUT2D eigenvalue weighted by Crippen LogP contribution is -2.06. The van der Waals surface area contributed by atoms with Crippen LogP contribution in [0.25, 0.3) is 10.9 Å². The summed E-state index contributed by atoms with van der Waals surface area (Å²) in [6.45, 7) is 0.555. The Labute approximate surface area is 202 Å². The predicted octanol–water partition coefficient (Wildman–Crippen LogP) is 5.80. The zero-order chi connectivity index (χ0) is 24.0. The summed E-state index contributed by atoms with van der Waals surface area (Å²) in [6, 6.07) is 20.3. The van der Waals surface area contributed by atoms with Gasteiger partial charge >= 0.3 is 5.97 Å². The Morgan fingerprint density at radius 1 is 1.00 bits per heavy atom. The van der Waals surface area contributed by atoms with E-state index in [2.05, 4.69) is 45.8 Å². The number of benzene rings is 2. The lowest BCUT2D eigenvalue weighted by atomic mass is 10.1. The van der Waals surface area contributed by atoms with Gasteiger partial charge in [0, 0.05) is 30.2 Å². The van der Waals surface area contributed by atoms with Crippen LogP contribution in [0.15, 0.2) is 60.7 Å². The summed E-state index contributed by atoms with van der Waals surface area (Å²) in [5.74, 6) is 6.28. The van der Waals surface area contributed by atoms with Gasteiger partial charge in [-0.2, -0.15) is 0 Å². The van der Waals surface area contributed by atoms with Crippen LogP contribution in [0.4, 0.5) is 0 Å². The second kappa shape index (κ2) is 14.0. The molecule has 5 nitrogen and oxygen atoms in total. The largest absolute Gasteiger partial charge is 0.477 e. The van der Waals surface area contributed by atoms with Crippen molar-refractivity contribution in [3.8, 4) is 17.7 Å². The van der Waals surface area contributed by atoms with Crippen LogP contribution in [0.2, 0.25) is 0 Å². The van der Waals surface area contributed by atoms with Crippen molar-refractivity contribution in [1.82, 2.24) is 4.98 Å². The molecule has 1 N–H and O–H groups in total. The van der Waals surface area contributed by atoms with Gasteiger partial charge in [0.25, 0.3) is 0 Å². The third kappa shape index (κ3) is 8.20. The molecule has 0 amide bonds. The molecule has 0 spiro atoms. The maximum Gasteiger partial charge on any atom is 0.305 e. The summed E-state index contributed by atoms with van der Waals surface area (Å²) < 4.78 is 10.7. The van der Waals surface area contributed by atoms with Crippen LogP contribution in [0.5, 0.6) is 5.88 Å². The van der Waals surface area contributed by atoms with E-state index in [4.69, 9.17) is 4.74 Å². The highest BCUT2D eigenvalue weighted by atomic mass is 16.5. The van der Waals surface area contributed by atoms with Gasteiger partial charge in [0.05, 0.1) is 25.3 Å². The first kappa shape index (κ1) is 25.3. The SMILES string of the molecule is COC(=O)CCCC#CCC(O)c1cc2ccccc2nc1OCCCCCc1ccccc1. The summed E-state index contributed by atoms with van der Waals surface area (Å²) in [7, 11) is 1.38. The normalized spacial score (nSPS) is 11.5. The molecule has 0 aliphatic carbocycles. The van der Waals surface area contributed by atoms with Gasteiger partial charge in [0.2, 0.25) is 5.88 Å². The molecule has 1 atom stereocenters. The highest BCUT2D eigenvalue weighted by Gasteiger charge is 2.16. The average molecular weight is 460 g/mol. The van der Waals surface area contributed by atoms with E-state index in [-0.39, 0.29) is 12.4 Å². The van der Waals surface area contributed by atoms with E-state index in [1.807, 2.05) is 36.4 Å². The maximum absolute atomic E-state index is 11.2. The van der Waals surface area contributed by atoms with Crippen LogP contribution in [-0.4, -0.2) is 29.8 Å². The third-order valence-corrected chi connectivity index (χ3v) is 5.60. The molecule has 1 aromatic heterocycles. The molecule has 0 bridgehead atoms.